The first-order chi connectivity index (χ1) is 14.0. The zero-order valence-corrected chi connectivity index (χ0v) is 15.7. The number of rotatable bonds is 6. The molecule has 1 atom stereocenters. The molecule has 8 nitrogen and oxygen atoms in total. The van der Waals surface area contributed by atoms with Gasteiger partial charge in [0, 0.05) is 5.39 Å². The number of para-hydroxylation sites is 1. The van der Waals surface area contributed by atoms with E-state index < -0.39 is 17.9 Å². The minimum absolute atomic E-state index is 0.0412. The highest BCUT2D eigenvalue weighted by Gasteiger charge is 2.25. The van der Waals surface area contributed by atoms with Crippen LogP contribution in [0.2, 0.25) is 0 Å². The van der Waals surface area contributed by atoms with Gasteiger partial charge in [0.15, 0.2) is 17.1 Å². The molecule has 0 spiro atoms. The molecule has 1 heterocycles. The van der Waals surface area contributed by atoms with Crippen molar-refractivity contribution in [2.45, 2.75) is 13.0 Å². The molecule has 0 aliphatic heterocycles. The third-order valence-corrected chi connectivity index (χ3v) is 4.16. The Balaban J connectivity index is 2.16. The van der Waals surface area contributed by atoms with E-state index in [-0.39, 0.29) is 17.1 Å². The van der Waals surface area contributed by atoms with Crippen LogP contribution in [0, 0.1) is 11.3 Å². The van der Waals surface area contributed by atoms with Gasteiger partial charge in [-0.15, -0.1) is 0 Å². The van der Waals surface area contributed by atoms with Crippen LogP contribution in [0.25, 0.3) is 10.8 Å². The Morgan fingerprint density at radius 2 is 1.90 bits per heavy atom. The van der Waals surface area contributed by atoms with E-state index >= 15 is 0 Å². The standard InChI is InChI=1S/C21H17N3O5/c1-12(21(26)27)23-20(25)18-19(28-2)14-9-6-10-16(17(14)15(11-22)24-18)29-13-7-4-3-5-8-13/h3-10,12H,1-2H3,(H,23,25)(H,26,27)/t12-/m0/s1. The van der Waals surface area contributed by atoms with Crippen molar-refractivity contribution < 1.29 is 24.2 Å². The van der Waals surface area contributed by atoms with Crippen molar-refractivity contribution in [2.75, 3.05) is 7.11 Å². The zero-order valence-electron chi connectivity index (χ0n) is 15.7. The van der Waals surface area contributed by atoms with Crippen molar-refractivity contribution in [2.24, 2.45) is 0 Å². The summed E-state index contributed by atoms with van der Waals surface area (Å²) >= 11 is 0. The van der Waals surface area contributed by atoms with Gasteiger partial charge in [0.2, 0.25) is 0 Å². The number of aliphatic carboxylic acids is 1. The molecule has 0 fully saturated rings. The molecule has 29 heavy (non-hydrogen) atoms. The maximum atomic E-state index is 12.6. The fourth-order valence-corrected chi connectivity index (χ4v) is 2.78. The van der Waals surface area contributed by atoms with Crippen molar-refractivity contribution in [3.63, 3.8) is 0 Å². The van der Waals surface area contributed by atoms with Crippen molar-refractivity contribution in [1.29, 1.82) is 5.26 Å². The lowest BCUT2D eigenvalue weighted by Crippen LogP contribution is -2.39. The van der Waals surface area contributed by atoms with Crippen LogP contribution in [0.15, 0.2) is 48.5 Å². The number of carboxylic acid groups (broad SMARTS) is 1. The minimum Gasteiger partial charge on any atom is -0.494 e. The van der Waals surface area contributed by atoms with Gasteiger partial charge >= 0.3 is 5.97 Å². The van der Waals surface area contributed by atoms with Crippen LogP contribution in [0.5, 0.6) is 17.2 Å². The van der Waals surface area contributed by atoms with E-state index in [0.29, 0.717) is 22.3 Å². The maximum Gasteiger partial charge on any atom is 0.325 e. The summed E-state index contributed by atoms with van der Waals surface area (Å²) in [7, 11) is 1.37. The summed E-state index contributed by atoms with van der Waals surface area (Å²) in [4.78, 5) is 27.7. The van der Waals surface area contributed by atoms with E-state index in [1.807, 2.05) is 24.3 Å². The van der Waals surface area contributed by atoms with Gasteiger partial charge in [-0.3, -0.25) is 9.59 Å². The Hall–Kier alpha value is -4.12. The lowest BCUT2D eigenvalue weighted by molar-refractivity contribution is -0.138. The van der Waals surface area contributed by atoms with Crippen LogP contribution < -0.4 is 14.8 Å². The monoisotopic (exact) mass is 391 g/mol. The molecule has 1 amide bonds. The van der Waals surface area contributed by atoms with Gasteiger partial charge in [-0.1, -0.05) is 30.3 Å². The number of hydrogen-bond acceptors (Lipinski definition) is 6. The Labute approximate surface area is 166 Å². The first-order valence-corrected chi connectivity index (χ1v) is 8.63. The maximum absolute atomic E-state index is 12.6. The number of amides is 1. The molecule has 0 radical (unpaired) electrons. The minimum atomic E-state index is -1.20. The van der Waals surface area contributed by atoms with E-state index in [4.69, 9.17) is 14.6 Å². The number of carbonyl (C=O) groups is 2. The Morgan fingerprint density at radius 3 is 2.52 bits per heavy atom. The number of fused-ring (bicyclic) bond motifs is 1. The molecule has 2 N–H and O–H groups in total. The average molecular weight is 391 g/mol. The van der Waals surface area contributed by atoms with Crippen LogP contribution in [0.3, 0.4) is 0 Å². The molecule has 3 aromatic rings. The molecule has 2 aromatic carbocycles. The number of ether oxygens (including phenoxy) is 2. The number of hydrogen-bond donors (Lipinski definition) is 2. The van der Waals surface area contributed by atoms with Gasteiger partial charge in [-0.25, -0.2) is 4.98 Å². The van der Waals surface area contributed by atoms with Crippen molar-refractivity contribution in [3.8, 4) is 23.3 Å². The summed E-state index contributed by atoms with van der Waals surface area (Å²) in [5, 5.41) is 21.8. The summed E-state index contributed by atoms with van der Waals surface area (Å²) in [5.41, 5.74) is -0.220. The fourth-order valence-electron chi connectivity index (χ4n) is 2.78. The highest BCUT2D eigenvalue weighted by Crippen LogP contribution is 2.37. The number of pyridine rings is 1. The van der Waals surface area contributed by atoms with Crippen LogP contribution in [0.1, 0.15) is 23.1 Å². The summed E-state index contributed by atoms with van der Waals surface area (Å²) in [6.45, 7) is 1.32. The van der Waals surface area contributed by atoms with Gasteiger partial charge in [0.05, 0.1) is 12.5 Å². The predicted octanol–water partition coefficient (Wildman–Crippen LogP) is 3.11. The average Bonchev–Trinajstić information content (AvgIpc) is 2.73. The summed E-state index contributed by atoms with van der Waals surface area (Å²) in [6.07, 6.45) is 0. The lowest BCUT2D eigenvalue weighted by atomic mass is 10.1. The molecular weight excluding hydrogens is 374 g/mol. The van der Waals surface area contributed by atoms with Crippen molar-refractivity contribution in [3.05, 3.63) is 59.9 Å². The number of carbonyl (C=O) groups excluding carboxylic acids is 1. The number of nitrogens with one attached hydrogen (secondary N) is 1. The van der Waals surface area contributed by atoms with Crippen LogP contribution in [0.4, 0.5) is 0 Å². The second kappa shape index (κ2) is 8.27. The number of nitriles is 1. The SMILES string of the molecule is COc1c(C(=O)N[C@@H](C)C(=O)O)nc(C#N)c2c(Oc3ccccc3)cccc12. The molecule has 146 valence electrons. The number of nitrogens with zero attached hydrogens (tertiary/aromatic N) is 2. The fraction of sp³-hybridized carbons (Fsp3) is 0.143. The van der Waals surface area contributed by atoms with Crippen LogP contribution in [-0.4, -0.2) is 35.1 Å². The third-order valence-electron chi connectivity index (χ3n) is 4.16. The second-order valence-electron chi connectivity index (χ2n) is 6.08. The topological polar surface area (TPSA) is 122 Å². The van der Waals surface area contributed by atoms with Gasteiger partial charge in [0.25, 0.3) is 5.91 Å². The van der Waals surface area contributed by atoms with E-state index in [2.05, 4.69) is 10.3 Å². The smallest absolute Gasteiger partial charge is 0.325 e. The highest BCUT2D eigenvalue weighted by atomic mass is 16.5. The molecular formula is C21H17N3O5. The van der Waals surface area contributed by atoms with Crippen molar-refractivity contribution >= 4 is 22.6 Å². The number of methoxy groups -OCH3 is 1. The molecule has 8 heteroatoms. The third kappa shape index (κ3) is 3.94. The van der Waals surface area contributed by atoms with Crippen LogP contribution >= 0.6 is 0 Å². The van der Waals surface area contributed by atoms with E-state index in [9.17, 15) is 14.9 Å². The van der Waals surface area contributed by atoms with Crippen molar-refractivity contribution in [1.82, 2.24) is 10.3 Å². The molecule has 0 bridgehead atoms. The quantitative estimate of drug-likeness (QED) is 0.662. The largest absolute Gasteiger partial charge is 0.494 e. The summed E-state index contributed by atoms with van der Waals surface area (Å²) in [6, 6.07) is 14.9. The Morgan fingerprint density at radius 1 is 1.17 bits per heavy atom. The predicted molar refractivity (Wildman–Crippen MR) is 104 cm³/mol. The highest BCUT2D eigenvalue weighted by molar-refractivity contribution is 6.05. The molecule has 0 unspecified atom stereocenters. The zero-order chi connectivity index (χ0) is 21.0. The molecule has 0 aliphatic carbocycles. The Kier molecular flexibility index (Phi) is 5.60. The van der Waals surface area contributed by atoms with Gasteiger partial charge in [0.1, 0.15) is 23.6 Å². The molecule has 1 aromatic heterocycles. The molecule has 0 aliphatic rings. The molecule has 0 saturated heterocycles. The number of aromatic nitrogens is 1. The summed E-state index contributed by atoms with van der Waals surface area (Å²) < 4.78 is 11.3. The van der Waals surface area contributed by atoms with E-state index in [0.717, 1.165) is 0 Å². The van der Waals surface area contributed by atoms with E-state index in [1.165, 1.54) is 14.0 Å². The van der Waals surface area contributed by atoms with Gasteiger partial charge in [-0.2, -0.15) is 5.26 Å². The molecule has 0 saturated carbocycles. The normalized spacial score (nSPS) is 11.3. The lowest BCUT2D eigenvalue weighted by Gasteiger charge is -2.16. The Bertz CT molecular complexity index is 1120. The summed E-state index contributed by atoms with van der Waals surface area (Å²) in [5.74, 6) is -0.892. The number of carboxylic acids is 1. The number of benzene rings is 2. The van der Waals surface area contributed by atoms with Gasteiger partial charge < -0.3 is 19.9 Å². The second-order valence-corrected chi connectivity index (χ2v) is 6.08. The first-order valence-electron chi connectivity index (χ1n) is 8.63. The molecule has 3 rings (SSSR count). The van der Waals surface area contributed by atoms with E-state index in [1.54, 1.807) is 30.3 Å². The van der Waals surface area contributed by atoms with Gasteiger partial charge in [-0.05, 0) is 25.1 Å². The first kappa shape index (κ1) is 19.6. The van der Waals surface area contributed by atoms with Crippen LogP contribution in [-0.2, 0) is 4.79 Å².